The van der Waals surface area contributed by atoms with Crippen LogP contribution < -0.4 is 14.8 Å². The molecule has 2 rings (SSSR count). The van der Waals surface area contributed by atoms with Crippen molar-refractivity contribution in [2.24, 2.45) is 0 Å². The van der Waals surface area contributed by atoms with Crippen molar-refractivity contribution in [3.8, 4) is 17.6 Å². The van der Waals surface area contributed by atoms with Crippen molar-refractivity contribution in [2.75, 3.05) is 19.0 Å². The fourth-order valence-electron chi connectivity index (χ4n) is 2.23. The largest absolute Gasteiger partial charge is 0.493 e. The molecule has 0 saturated heterocycles. The van der Waals surface area contributed by atoms with Crippen molar-refractivity contribution in [3.05, 3.63) is 57.6 Å². The summed E-state index contributed by atoms with van der Waals surface area (Å²) in [5.74, 6) is 0.273. The van der Waals surface area contributed by atoms with Crippen LogP contribution in [-0.2, 0) is 4.79 Å². The average molecular weight is 405 g/mol. The summed E-state index contributed by atoms with van der Waals surface area (Å²) in [6.45, 7) is 2.48. The van der Waals surface area contributed by atoms with Crippen LogP contribution in [0.4, 0.5) is 5.69 Å². The van der Waals surface area contributed by atoms with Crippen LogP contribution in [0, 0.1) is 11.3 Å². The Balaban J connectivity index is 2.31. The fourth-order valence-corrected chi connectivity index (χ4v) is 2.69. The first kappa shape index (κ1) is 20.6. The first-order valence-corrected chi connectivity index (χ1v) is 8.93. The van der Waals surface area contributed by atoms with Gasteiger partial charge in [-0.25, -0.2) is 0 Å². The van der Waals surface area contributed by atoms with Gasteiger partial charge in [0.05, 0.1) is 29.4 Å². The van der Waals surface area contributed by atoms with Crippen LogP contribution in [0.5, 0.6) is 11.5 Å². The Bertz CT molecular complexity index is 905. The Kier molecular flexibility index (Phi) is 7.54. The molecule has 0 aliphatic rings. The maximum absolute atomic E-state index is 12.4. The number of amides is 1. The van der Waals surface area contributed by atoms with Crippen molar-refractivity contribution in [1.82, 2.24) is 0 Å². The smallest absolute Gasteiger partial charge is 0.266 e. The topological polar surface area (TPSA) is 71.3 Å². The van der Waals surface area contributed by atoms with Crippen LogP contribution in [0.2, 0.25) is 10.0 Å². The van der Waals surface area contributed by atoms with Crippen molar-refractivity contribution < 1.29 is 14.3 Å². The van der Waals surface area contributed by atoms with Gasteiger partial charge in [0.15, 0.2) is 11.5 Å². The van der Waals surface area contributed by atoms with Gasteiger partial charge in [-0.2, -0.15) is 5.26 Å². The minimum absolute atomic E-state index is 0.102. The molecule has 27 heavy (non-hydrogen) atoms. The van der Waals surface area contributed by atoms with Crippen LogP contribution in [0.3, 0.4) is 0 Å². The number of nitrogens with one attached hydrogen (secondary N) is 1. The monoisotopic (exact) mass is 404 g/mol. The zero-order valence-corrected chi connectivity index (χ0v) is 16.4. The van der Waals surface area contributed by atoms with Gasteiger partial charge in [0.25, 0.3) is 5.91 Å². The van der Waals surface area contributed by atoms with Crippen LogP contribution in [0.25, 0.3) is 6.08 Å². The average Bonchev–Trinajstić information content (AvgIpc) is 2.66. The van der Waals surface area contributed by atoms with E-state index in [0.717, 1.165) is 6.42 Å². The van der Waals surface area contributed by atoms with Gasteiger partial charge < -0.3 is 14.8 Å². The number of carbonyl (C=O) groups excluding carboxylic acids is 1. The molecule has 0 heterocycles. The molecule has 0 aliphatic heterocycles. The molecule has 0 unspecified atom stereocenters. The van der Waals surface area contributed by atoms with E-state index in [1.807, 2.05) is 13.0 Å². The Labute approximate surface area is 168 Å². The van der Waals surface area contributed by atoms with Gasteiger partial charge in [0.1, 0.15) is 11.6 Å². The summed E-state index contributed by atoms with van der Waals surface area (Å²) < 4.78 is 10.9. The van der Waals surface area contributed by atoms with E-state index in [9.17, 15) is 10.1 Å². The number of ether oxygens (including phenoxy) is 2. The number of anilines is 1. The number of para-hydroxylation sites is 1. The first-order valence-electron chi connectivity index (χ1n) is 8.18. The predicted octanol–water partition coefficient (Wildman–Crippen LogP) is 5.34. The molecule has 0 radical (unpaired) electrons. The zero-order valence-electron chi connectivity index (χ0n) is 14.9. The lowest BCUT2D eigenvalue weighted by Crippen LogP contribution is -2.13. The maximum atomic E-state index is 12.4. The van der Waals surface area contributed by atoms with Gasteiger partial charge in [0, 0.05) is 0 Å². The predicted molar refractivity (Wildman–Crippen MR) is 107 cm³/mol. The van der Waals surface area contributed by atoms with E-state index in [1.54, 1.807) is 36.4 Å². The van der Waals surface area contributed by atoms with Crippen molar-refractivity contribution >= 4 is 40.9 Å². The summed E-state index contributed by atoms with van der Waals surface area (Å²) in [7, 11) is 1.49. The summed E-state index contributed by atoms with van der Waals surface area (Å²) in [6.07, 6.45) is 2.24. The van der Waals surface area contributed by atoms with Crippen molar-refractivity contribution in [2.45, 2.75) is 13.3 Å². The van der Waals surface area contributed by atoms with Crippen LogP contribution in [0.15, 0.2) is 42.0 Å². The molecule has 0 bridgehead atoms. The molecule has 140 valence electrons. The Morgan fingerprint density at radius 2 is 2.00 bits per heavy atom. The first-order chi connectivity index (χ1) is 13.0. The summed E-state index contributed by atoms with van der Waals surface area (Å²) in [5, 5.41) is 12.7. The SMILES string of the molecule is CCCOc1c(Cl)cc(/C=C(\C#N)C(=O)Nc2ccccc2Cl)cc1OC. The molecular weight excluding hydrogens is 387 g/mol. The number of methoxy groups -OCH3 is 1. The Hall–Kier alpha value is -2.68. The third-order valence-corrected chi connectivity index (χ3v) is 4.11. The van der Waals surface area contributed by atoms with E-state index in [-0.39, 0.29) is 5.57 Å². The maximum Gasteiger partial charge on any atom is 0.266 e. The van der Waals surface area contributed by atoms with Gasteiger partial charge in [0.2, 0.25) is 0 Å². The highest BCUT2D eigenvalue weighted by Crippen LogP contribution is 2.37. The van der Waals surface area contributed by atoms with Crippen molar-refractivity contribution in [1.29, 1.82) is 5.26 Å². The standard InChI is InChI=1S/C20H18Cl2N2O3/c1-3-8-27-19-16(22)10-13(11-18(19)26-2)9-14(12-23)20(25)24-17-7-5-4-6-15(17)21/h4-7,9-11H,3,8H2,1-2H3,(H,24,25)/b14-9+. The molecule has 0 aliphatic carbocycles. The normalized spacial score (nSPS) is 10.9. The fraction of sp³-hybridized carbons (Fsp3) is 0.200. The molecule has 2 aromatic carbocycles. The lowest BCUT2D eigenvalue weighted by Gasteiger charge is -2.13. The molecule has 0 aromatic heterocycles. The van der Waals surface area contributed by atoms with E-state index in [4.69, 9.17) is 32.7 Å². The van der Waals surface area contributed by atoms with Gasteiger partial charge in [-0.3, -0.25) is 4.79 Å². The summed E-state index contributed by atoms with van der Waals surface area (Å²) >= 11 is 12.3. The van der Waals surface area contributed by atoms with E-state index < -0.39 is 5.91 Å². The van der Waals surface area contributed by atoms with E-state index in [2.05, 4.69) is 5.32 Å². The molecule has 1 N–H and O–H groups in total. The number of carbonyl (C=O) groups is 1. The van der Waals surface area contributed by atoms with Crippen molar-refractivity contribution in [3.63, 3.8) is 0 Å². The van der Waals surface area contributed by atoms with Gasteiger partial charge in [-0.05, 0) is 42.3 Å². The molecule has 0 fully saturated rings. The highest BCUT2D eigenvalue weighted by atomic mass is 35.5. The highest BCUT2D eigenvalue weighted by Gasteiger charge is 2.14. The molecule has 1 amide bonds. The second kappa shape index (κ2) is 9.86. The van der Waals surface area contributed by atoms with Crippen LogP contribution in [-0.4, -0.2) is 19.6 Å². The Morgan fingerprint density at radius 1 is 1.26 bits per heavy atom. The quantitative estimate of drug-likeness (QED) is 0.499. The second-order valence-corrected chi connectivity index (χ2v) is 6.30. The lowest BCUT2D eigenvalue weighted by atomic mass is 10.1. The van der Waals surface area contributed by atoms with E-state index >= 15 is 0 Å². The minimum Gasteiger partial charge on any atom is -0.493 e. The number of hydrogen-bond acceptors (Lipinski definition) is 4. The molecule has 2 aromatic rings. The molecule has 7 heteroatoms. The highest BCUT2D eigenvalue weighted by molar-refractivity contribution is 6.34. The van der Waals surface area contributed by atoms with Gasteiger partial charge >= 0.3 is 0 Å². The van der Waals surface area contributed by atoms with E-state index in [0.29, 0.717) is 39.4 Å². The molecule has 0 saturated carbocycles. The number of hydrogen-bond donors (Lipinski definition) is 1. The summed E-state index contributed by atoms with van der Waals surface area (Å²) in [5.41, 5.74) is 0.853. The number of nitrogens with zero attached hydrogens (tertiary/aromatic N) is 1. The zero-order chi connectivity index (χ0) is 19.8. The second-order valence-electron chi connectivity index (χ2n) is 5.49. The van der Waals surface area contributed by atoms with Gasteiger partial charge in [-0.1, -0.05) is 42.3 Å². The lowest BCUT2D eigenvalue weighted by molar-refractivity contribution is -0.112. The molecule has 5 nitrogen and oxygen atoms in total. The number of halogens is 2. The third-order valence-electron chi connectivity index (χ3n) is 3.50. The Morgan fingerprint density at radius 3 is 2.63 bits per heavy atom. The number of benzene rings is 2. The van der Waals surface area contributed by atoms with Gasteiger partial charge in [-0.15, -0.1) is 0 Å². The van der Waals surface area contributed by atoms with E-state index in [1.165, 1.54) is 13.2 Å². The number of nitriles is 1. The minimum atomic E-state index is -0.577. The molecule has 0 spiro atoms. The van der Waals surface area contributed by atoms with Crippen LogP contribution in [0.1, 0.15) is 18.9 Å². The number of rotatable bonds is 7. The molecule has 0 atom stereocenters. The molecular formula is C20H18Cl2N2O3. The third kappa shape index (κ3) is 5.40. The summed E-state index contributed by atoms with van der Waals surface area (Å²) in [6, 6.07) is 11.9. The summed E-state index contributed by atoms with van der Waals surface area (Å²) in [4.78, 5) is 12.4. The van der Waals surface area contributed by atoms with Crippen LogP contribution >= 0.6 is 23.2 Å².